The maximum Gasteiger partial charge on any atom is 0.269 e. The van der Waals surface area contributed by atoms with Crippen molar-refractivity contribution >= 4 is 21.4 Å². The molecule has 0 aromatic heterocycles. The molecule has 2 rings (SSSR count). The monoisotopic (exact) mass is 299 g/mol. The van der Waals surface area contributed by atoms with Gasteiger partial charge in [-0.05, 0) is 25.0 Å². The standard InChI is InChI=1S/C12H17N3O4S/c1-20(18,19)13-10-6-8-14(9-7-10)11-2-4-12(5-3-11)15(16)17/h2-5,10,13H,6-9H2,1H3. The molecule has 1 fully saturated rings. The number of hydrogen-bond acceptors (Lipinski definition) is 5. The Kier molecular flexibility index (Phi) is 4.24. The van der Waals surface area contributed by atoms with Crippen molar-refractivity contribution in [3.63, 3.8) is 0 Å². The summed E-state index contributed by atoms with van der Waals surface area (Å²) in [5.41, 5.74) is 0.996. The summed E-state index contributed by atoms with van der Waals surface area (Å²) in [5, 5.41) is 10.6. The van der Waals surface area contributed by atoms with Crippen LogP contribution in [0.25, 0.3) is 0 Å². The third-order valence-electron chi connectivity index (χ3n) is 3.30. The lowest BCUT2D eigenvalue weighted by Crippen LogP contribution is -2.44. The first-order valence-corrected chi connectivity index (χ1v) is 8.21. The van der Waals surface area contributed by atoms with Gasteiger partial charge in [0, 0.05) is 37.0 Å². The largest absolute Gasteiger partial charge is 0.371 e. The Hall–Kier alpha value is -1.67. The van der Waals surface area contributed by atoms with Gasteiger partial charge in [0.15, 0.2) is 0 Å². The first-order chi connectivity index (χ1) is 9.35. The van der Waals surface area contributed by atoms with E-state index in [2.05, 4.69) is 9.62 Å². The van der Waals surface area contributed by atoms with E-state index in [0.29, 0.717) is 0 Å². The molecule has 8 heteroatoms. The zero-order chi connectivity index (χ0) is 14.8. The Bertz CT molecular complexity index is 577. The van der Waals surface area contributed by atoms with Gasteiger partial charge in [0.25, 0.3) is 5.69 Å². The number of anilines is 1. The van der Waals surface area contributed by atoms with E-state index in [9.17, 15) is 18.5 Å². The Balaban J connectivity index is 1.95. The van der Waals surface area contributed by atoms with Crippen molar-refractivity contribution in [2.45, 2.75) is 18.9 Å². The van der Waals surface area contributed by atoms with Crippen LogP contribution in [0.5, 0.6) is 0 Å². The van der Waals surface area contributed by atoms with Crippen LogP contribution in [0.1, 0.15) is 12.8 Å². The van der Waals surface area contributed by atoms with E-state index in [1.807, 2.05) is 0 Å². The summed E-state index contributed by atoms with van der Waals surface area (Å²) >= 11 is 0. The molecule has 0 aliphatic carbocycles. The van der Waals surface area contributed by atoms with Crippen LogP contribution >= 0.6 is 0 Å². The quantitative estimate of drug-likeness (QED) is 0.664. The van der Waals surface area contributed by atoms with Crippen LogP contribution in [0.2, 0.25) is 0 Å². The highest BCUT2D eigenvalue weighted by atomic mass is 32.2. The second-order valence-corrected chi connectivity index (χ2v) is 6.70. The SMILES string of the molecule is CS(=O)(=O)NC1CCN(c2ccc([N+](=O)[O-])cc2)CC1. The fourth-order valence-electron chi connectivity index (χ4n) is 2.34. The Morgan fingerprint density at radius 2 is 1.80 bits per heavy atom. The molecule has 1 aliphatic heterocycles. The van der Waals surface area contributed by atoms with E-state index < -0.39 is 14.9 Å². The molecule has 1 heterocycles. The van der Waals surface area contributed by atoms with Crippen LogP contribution in [0.15, 0.2) is 24.3 Å². The van der Waals surface area contributed by atoms with Gasteiger partial charge in [-0.3, -0.25) is 10.1 Å². The molecule has 20 heavy (non-hydrogen) atoms. The summed E-state index contributed by atoms with van der Waals surface area (Å²) < 4.78 is 24.9. The molecule has 1 aromatic carbocycles. The number of hydrogen-bond donors (Lipinski definition) is 1. The lowest BCUT2D eigenvalue weighted by molar-refractivity contribution is -0.384. The highest BCUT2D eigenvalue weighted by Crippen LogP contribution is 2.23. The summed E-state index contributed by atoms with van der Waals surface area (Å²) in [5.74, 6) is 0. The highest BCUT2D eigenvalue weighted by molar-refractivity contribution is 7.88. The van der Waals surface area contributed by atoms with Crippen molar-refractivity contribution in [3.8, 4) is 0 Å². The predicted molar refractivity (Wildman–Crippen MR) is 76.3 cm³/mol. The van der Waals surface area contributed by atoms with E-state index >= 15 is 0 Å². The lowest BCUT2D eigenvalue weighted by Gasteiger charge is -2.33. The Labute approximate surface area is 117 Å². The summed E-state index contributed by atoms with van der Waals surface area (Å²) in [6.07, 6.45) is 2.61. The topological polar surface area (TPSA) is 92.6 Å². The molecule has 0 amide bonds. The molecule has 7 nitrogen and oxygen atoms in total. The minimum atomic E-state index is -3.16. The van der Waals surface area contributed by atoms with Crippen molar-refractivity contribution < 1.29 is 13.3 Å². The first kappa shape index (κ1) is 14.7. The number of nitrogens with one attached hydrogen (secondary N) is 1. The molecular formula is C12H17N3O4S. The maximum atomic E-state index is 11.2. The maximum absolute atomic E-state index is 11.2. The molecular weight excluding hydrogens is 282 g/mol. The van der Waals surface area contributed by atoms with Crippen LogP contribution in [0.4, 0.5) is 11.4 Å². The predicted octanol–water partition coefficient (Wildman–Crippen LogP) is 1.11. The van der Waals surface area contributed by atoms with Crippen molar-refractivity contribution in [2.24, 2.45) is 0 Å². The highest BCUT2D eigenvalue weighted by Gasteiger charge is 2.22. The van der Waals surface area contributed by atoms with Crippen LogP contribution in [-0.4, -0.2) is 38.7 Å². The molecule has 1 N–H and O–H groups in total. The van der Waals surface area contributed by atoms with Crippen molar-refractivity contribution in [1.29, 1.82) is 0 Å². The van der Waals surface area contributed by atoms with Gasteiger partial charge in [0.1, 0.15) is 0 Å². The Morgan fingerprint density at radius 3 is 2.25 bits per heavy atom. The molecule has 0 bridgehead atoms. The lowest BCUT2D eigenvalue weighted by atomic mass is 10.1. The average molecular weight is 299 g/mol. The minimum Gasteiger partial charge on any atom is -0.371 e. The molecule has 0 radical (unpaired) electrons. The molecule has 1 aromatic rings. The van der Waals surface area contributed by atoms with E-state index in [4.69, 9.17) is 0 Å². The van der Waals surface area contributed by atoms with Gasteiger partial charge in [0.2, 0.25) is 10.0 Å². The third kappa shape index (κ3) is 3.91. The third-order valence-corrected chi connectivity index (χ3v) is 4.06. The van der Waals surface area contributed by atoms with E-state index in [-0.39, 0.29) is 11.7 Å². The number of sulfonamides is 1. The summed E-state index contributed by atoms with van der Waals surface area (Å²) in [4.78, 5) is 12.3. The second kappa shape index (κ2) is 5.76. The molecule has 0 unspecified atom stereocenters. The van der Waals surface area contributed by atoms with Gasteiger partial charge in [-0.15, -0.1) is 0 Å². The molecule has 110 valence electrons. The van der Waals surface area contributed by atoms with Gasteiger partial charge in [-0.25, -0.2) is 13.1 Å². The fraction of sp³-hybridized carbons (Fsp3) is 0.500. The summed E-state index contributed by atoms with van der Waals surface area (Å²) in [7, 11) is -3.16. The molecule has 0 atom stereocenters. The zero-order valence-corrected chi connectivity index (χ0v) is 12.0. The van der Waals surface area contributed by atoms with Gasteiger partial charge in [-0.2, -0.15) is 0 Å². The van der Waals surface area contributed by atoms with Crippen LogP contribution < -0.4 is 9.62 Å². The van der Waals surface area contributed by atoms with Gasteiger partial charge >= 0.3 is 0 Å². The molecule has 0 saturated carbocycles. The number of nitrogens with zero attached hydrogens (tertiary/aromatic N) is 2. The van der Waals surface area contributed by atoms with Crippen molar-refractivity contribution in [1.82, 2.24) is 4.72 Å². The summed E-state index contributed by atoms with van der Waals surface area (Å²) in [6.45, 7) is 1.45. The van der Waals surface area contributed by atoms with E-state index in [1.54, 1.807) is 12.1 Å². The van der Waals surface area contributed by atoms with Crippen molar-refractivity contribution in [2.75, 3.05) is 24.2 Å². The second-order valence-electron chi connectivity index (χ2n) is 4.92. The van der Waals surface area contributed by atoms with Gasteiger partial charge in [-0.1, -0.05) is 0 Å². The molecule has 0 spiro atoms. The minimum absolute atomic E-state index is 0.0284. The molecule has 1 aliphatic rings. The van der Waals surface area contributed by atoms with Gasteiger partial charge in [0.05, 0.1) is 11.2 Å². The van der Waals surface area contributed by atoms with Crippen LogP contribution in [-0.2, 0) is 10.0 Å². The van der Waals surface area contributed by atoms with Crippen LogP contribution in [0, 0.1) is 10.1 Å². The van der Waals surface area contributed by atoms with E-state index in [1.165, 1.54) is 12.1 Å². The number of benzene rings is 1. The molecule has 1 saturated heterocycles. The zero-order valence-electron chi connectivity index (χ0n) is 11.2. The Morgan fingerprint density at radius 1 is 1.25 bits per heavy atom. The van der Waals surface area contributed by atoms with Gasteiger partial charge < -0.3 is 4.90 Å². The number of nitro groups is 1. The summed E-state index contributed by atoms with van der Waals surface area (Å²) in [6, 6.07) is 6.39. The van der Waals surface area contributed by atoms with Crippen LogP contribution in [0.3, 0.4) is 0 Å². The normalized spacial score (nSPS) is 17.1. The average Bonchev–Trinajstić information content (AvgIpc) is 2.38. The number of non-ortho nitro benzene ring substituents is 1. The number of rotatable bonds is 4. The first-order valence-electron chi connectivity index (χ1n) is 6.32. The van der Waals surface area contributed by atoms with Crippen molar-refractivity contribution in [3.05, 3.63) is 34.4 Å². The number of piperidine rings is 1. The van der Waals surface area contributed by atoms with E-state index in [0.717, 1.165) is 37.9 Å². The number of nitro benzene ring substituents is 1. The smallest absolute Gasteiger partial charge is 0.269 e. The fourth-order valence-corrected chi connectivity index (χ4v) is 3.18.